The highest BCUT2D eigenvalue weighted by molar-refractivity contribution is 9.10. The van der Waals surface area contributed by atoms with E-state index in [0.29, 0.717) is 5.56 Å². The Bertz CT molecular complexity index is 583. The molecule has 3 heteroatoms. The fourth-order valence-corrected chi connectivity index (χ4v) is 2.76. The summed E-state index contributed by atoms with van der Waals surface area (Å²) in [6, 6.07) is 17.7. The Morgan fingerprint density at radius 3 is 2.43 bits per heavy atom. The lowest BCUT2D eigenvalue weighted by atomic mass is 10.0. The molecule has 21 heavy (non-hydrogen) atoms. The number of benzene rings is 2. The van der Waals surface area contributed by atoms with Crippen molar-refractivity contribution in [2.24, 2.45) is 0 Å². The van der Waals surface area contributed by atoms with Crippen molar-refractivity contribution in [2.45, 2.75) is 32.2 Å². The molecule has 0 aliphatic rings. The van der Waals surface area contributed by atoms with Crippen LogP contribution in [0.4, 0.5) is 0 Å². The molecule has 1 atom stereocenters. The minimum atomic E-state index is -0.0348. The maximum Gasteiger partial charge on any atom is 0.252 e. The summed E-state index contributed by atoms with van der Waals surface area (Å²) in [6.07, 6.45) is 3.17. The Hall–Kier alpha value is -1.61. The van der Waals surface area contributed by atoms with Crippen molar-refractivity contribution in [3.05, 3.63) is 70.2 Å². The molecule has 0 aliphatic carbocycles. The summed E-state index contributed by atoms with van der Waals surface area (Å²) < 4.78 is 0.824. The highest BCUT2D eigenvalue weighted by atomic mass is 79.9. The Morgan fingerprint density at radius 1 is 1.10 bits per heavy atom. The molecule has 0 saturated carbocycles. The third-order valence-corrected chi connectivity index (χ3v) is 4.16. The van der Waals surface area contributed by atoms with E-state index < -0.39 is 0 Å². The number of unbranched alkanes of at least 4 members (excludes halogenated alkanes) is 1. The average molecular weight is 346 g/mol. The van der Waals surface area contributed by atoms with Gasteiger partial charge in [0.1, 0.15) is 0 Å². The zero-order valence-corrected chi connectivity index (χ0v) is 13.8. The van der Waals surface area contributed by atoms with Gasteiger partial charge in [0.15, 0.2) is 0 Å². The number of carbonyl (C=O) groups is 1. The van der Waals surface area contributed by atoms with Crippen LogP contribution in [-0.2, 0) is 0 Å². The largest absolute Gasteiger partial charge is 0.345 e. The maximum atomic E-state index is 12.5. The summed E-state index contributed by atoms with van der Waals surface area (Å²) >= 11 is 3.43. The lowest BCUT2D eigenvalue weighted by molar-refractivity contribution is 0.0933. The van der Waals surface area contributed by atoms with Gasteiger partial charge in [-0.3, -0.25) is 4.79 Å². The molecule has 2 aromatic rings. The first kappa shape index (κ1) is 15.8. The van der Waals surface area contributed by atoms with Gasteiger partial charge in [0.05, 0.1) is 11.6 Å². The summed E-state index contributed by atoms with van der Waals surface area (Å²) in [4.78, 5) is 12.5. The molecule has 110 valence electrons. The van der Waals surface area contributed by atoms with Gasteiger partial charge >= 0.3 is 0 Å². The molecule has 0 saturated heterocycles. The van der Waals surface area contributed by atoms with Crippen LogP contribution in [0.25, 0.3) is 0 Å². The molecule has 2 aromatic carbocycles. The minimum absolute atomic E-state index is 0.0348. The van der Waals surface area contributed by atoms with Crippen LogP contribution in [0, 0.1) is 0 Å². The molecule has 1 amide bonds. The second-order valence-corrected chi connectivity index (χ2v) is 5.91. The number of amides is 1. The Balaban J connectivity index is 2.15. The summed E-state index contributed by atoms with van der Waals surface area (Å²) in [5.41, 5.74) is 1.83. The van der Waals surface area contributed by atoms with Crippen LogP contribution >= 0.6 is 15.9 Å². The molecule has 0 aromatic heterocycles. The van der Waals surface area contributed by atoms with Crippen LogP contribution in [0.2, 0.25) is 0 Å². The van der Waals surface area contributed by atoms with E-state index in [1.165, 1.54) is 0 Å². The average Bonchev–Trinajstić information content (AvgIpc) is 2.52. The van der Waals surface area contributed by atoms with Crippen molar-refractivity contribution in [3.8, 4) is 0 Å². The zero-order chi connectivity index (χ0) is 15.1. The minimum Gasteiger partial charge on any atom is -0.345 e. The first-order chi connectivity index (χ1) is 10.2. The number of hydrogen-bond acceptors (Lipinski definition) is 1. The molecule has 0 aliphatic heterocycles. The van der Waals surface area contributed by atoms with E-state index in [2.05, 4.69) is 40.3 Å². The Morgan fingerprint density at radius 2 is 1.76 bits per heavy atom. The number of hydrogen-bond donors (Lipinski definition) is 1. The van der Waals surface area contributed by atoms with Crippen molar-refractivity contribution in [2.75, 3.05) is 0 Å². The number of nitrogens with one attached hydrogen (secondary N) is 1. The van der Waals surface area contributed by atoms with Gasteiger partial charge in [-0.1, -0.05) is 62.2 Å². The van der Waals surface area contributed by atoms with Crippen molar-refractivity contribution in [3.63, 3.8) is 0 Å². The monoisotopic (exact) mass is 345 g/mol. The molecule has 0 heterocycles. The molecule has 0 spiro atoms. The third kappa shape index (κ3) is 4.43. The lowest BCUT2D eigenvalue weighted by Gasteiger charge is -2.19. The Labute approximate surface area is 134 Å². The molecule has 0 bridgehead atoms. The second kappa shape index (κ2) is 7.99. The summed E-state index contributed by atoms with van der Waals surface area (Å²) in [5, 5.41) is 3.16. The van der Waals surface area contributed by atoms with Crippen LogP contribution in [0.1, 0.15) is 48.1 Å². The van der Waals surface area contributed by atoms with Crippen LogP contribution in [0.5, 0.6) is 0 Å². The van der Waals surface area contributed by atoms with E-state index in [0.717, 1.165) is 29.3 Å². The van der Waals surface area contributed by atoms with Gasteiger partial charge in [0.2, 0.25) is 0 Å². The van der Waals surface area contributed by atoms with E-state index in [1.807, 2.05) is 42.5 Å². The molecule has 2 rings (SSSR count). The van der Waals surface area contributed by atoms with Crippen molar-refractivity contribution in [1.29, 1.82) is 0 Å². The molecule has 0 fully saturated rings. The predicted octanol–water partition coefficient (Wildman–Crippen LogP) is 5.11. The fraction of sp³-hybridized carbons (Fsp3) is 0.278. The number of rotatable bonds is 6. The standard InChI is InChI=1S/C18H20BrNO/c1-2-3-13-17(14-9-5-4-6-10-14)20-18(21)15-11-7-8-12-16(15)19/h4-12,17H,2-3,13H2,1H3,(H,20,21)/t17-/m0/s1. The second-order valence-electron chi connectivity index (χ2n) is 5.06. The molecule has 0 unspecified atom stereocenters. The summed E-state index contributed by atoms with van der Waals surface area (Å²) in [5.74, 6) is -0.0348. The first-order valence-corrected chi connectivity index (χ1v) is 8.12. The van der Waals surface area contributed by atoms with Gasteiger partial charge in [-0.15, -0.1) is 0 Å². The number of halogens is 1. The van der Waals surface area contributed by atoms with Gasteiger partial charge in [-0.2, -0.15) is 0 Å². The van der Waals surface area contributed by atoms with E-state index in [1.54, 1.807) is 0 Å². The van der Waals surface area contributed by atoms with Gasteiger partial charge in [0, 0.05) is 4.47 Å². The van der Waals surface area contributed by atoms with Crippen molar-refractivity contribution < 1.29 is 4.79 Å². The summed E-state index contributed by atoms with van der Waals surface area (Å²) in [7, 11) is 0. The molecular weight excluding hydrogens is 326 g/mol. The molecule has 2 nitrogen and oxygen atoms in total. The highest BCUT2D eigenvalue weighted by Gasteiger charge is 2.16. The number of carbonyl (C=O) groups excluding carboxylic acids is 1. The molecule has 0 radical (unpaired) electrons. The Kier molecular flexibility index (Phi) is 6.00. The van der Waals surface area contributed by atoms with Crippen LogP contribution in [-0.4, -0.2) is 5.91 Å². The van der Waals surface area contributed by atoms with Crippen LogP contribution in [0.3, 0.4) is 0 Å². The first-order valence-electron chi connectivity index (χ1n) is 7.32. The molecular formula is C18H20BrNO. The lowest BCUT2D eigenvalue weighted by Crippen LogP contribution is -2.28. The molecule has 1 N–H and O–H groups in total. The predicted molar refractivity (Wildman–Crippen MR) is 90.3 cm³/mol. The van der Waals surface area contributed by atoms with Gasteiger partial charge in [-0.05, 0) is 40.0 Å². The summed E-state index contributed by atoms with van der Waals surface area (Å²) in [6.45, 7) is 2.16. The van der Waals surface area contributed by atoms with Gasteiger partial charge in [-0.25, -0.2) is 0 Å². The SMILES string of the molecule is CCCC[C@H](NC(=O)c1ccccc1Br)c1ccccc1. The van der Waals surface area contributed by atoms with E-state index >= 15 is 0 Å². The highest BCUT2D eigenvalue weighted by Crippen LogP contribution is 2.22. The van der Waals surface area contributed by atoms with Gasteiger partial charge in [0.25, 0.3) is 5.91 Å². The van der Waals surface area contributed by atoms with Crippen molar-refractivity contribution >= 4 is 21.8 Å². The zero-order valence-electron chi connectivity index (χ0n) is 12.2. The van der Waals surface area contributed by atoms with Gasteiger partial charge < -0.3 is 5.32 Å². The van der Waals surface area contributed by atoms with Crippen molar-refractivity contribution in [1.82, 2.24) is 5.32 Å². The van der Waals surface area contributed by atoms with Crippen LogP contribution in [0.15, 0.2) is 59.1 Å². The quantitative estimate of drug-likeness (QED) is 0.774. The third-order valence-electron chi connectivity index (χ3n) is 3.47. The fourth-order valence-electron chi connectivity index (χ4n) is 2.30. The van der Waals surface area contributed by atoms with Crippen LogP contribution < -0.4 is 5.32 Å². The van der Waals surface area contributed by atoms with E-state index in [4.69, 9.17) is 0 Å². The maximum absolute atomic E-state index is 12.5. The normalized spacial score (nSPS) is 11.9. The smallest absolute Gasteiger partial charge is 0.252 e. The topological polar surface area (TPSA) is 29.1 Å². The van der Waals surface area contributed by atoms with E-state index in [9.17, 15) is 4.79 Å². The van der Waals surface area contributed by atoms with E-state index in [-0.39, 0.29) is 11.9 Å².